The molecule has 0 unspecified atom stereocenters. The van der Waals surface area contributed by atoms with Gasteiger partial charge in [-0.25, -0.2) is 4.68 Å². The number of hydrogen-bond donors (Lipinski definition) is 1. The van der Waals surface area contributed by atoms with Crippen molar-refractivity contribution >= 4 is 16.5 Å². The number of nitrogens with zero attached hydrogens (tertiary/aromatic N) is 4. The van der Waals surface area contributed by atoms with Crippen molar-refractivity contribution in [3.63, 3.8) is 0 Å². The minimum atomic E-state index is 0.808. The molecule has 2 aromatic heterocycles. The maximum Gasteiger partial charge on any atom is 0.205 e. The lowest BCUT2D eigenvalue weighted by Gasteiger charge is -2.07. The van der Waals surface area contributed by atoms with Crippen LogP contribution in [-0.4, -0.2) is 27.0 Å². The lowest BCUT2D eigenvalue weighted by Crippen LogP contribution is -2.00. The highest BCUT2D eigenvalue weighted by Crippen LogP contribution is 2.29. The van der Waals surface area contributed by atoms with Gasteiger partial charge in [-0.15, -0.1) is 10.2 Å². The van der Waals surface area contributed by atoms with Gasteiger partial charge < -0.3 is 5.32 Å². The highest BCUT2D eigenvalue weighted by Gasteiger charge is 2.14. The third kappa shape index (κ3) is 2.08. The van der Waals surface area contributed by atoms with Crippen LogP contribution in [0.3, 0.4) is 0 Å². The fourth-order valence-electron chi connectivity index (χ4n) is 2.10. The predicted octanol–water partition coefficient (Wildman–Crippen LogP) is 3.05. The van der Waals surface area contributed by atoms with Crippen LogP contribution in [0.15, 0.2) is 30.5 Å². The zero-order valence-corrected chi connectivity index (χ0v) is 12.4. The van der Waals surface area contributed by atoms with Crippen LogP contribution >= 0.6 is 11.3 Å². The second-order valence-corrected chi connectivity index (χ2v) is 5.48. The molecule has 0 aliphatic heterocycles. The zero-order chi connectivity index (χ0) is 14.1. The fraction of sp³-hybridized carbons (Fsp3) is 0.214. The molecule has 1 aromatic carbocycles. The normalized spacial score (nSPS) is 10.8. The van der Waals surface area contributed by atoms with Crippen molar-refractivity contribution in [2.45, 2.75) is 13.8 Å². The molecule has 0 aliphatic rings. The first kappa shape index (κ1) is 12.8. The smallest absolute Gasteiger partial charge is 0.205 e. The van der Waals surface area contributed by atoms with Crippen LogP contribution in [0.2, 0.25) is 0 Å². The highest BCUT2D eigenvalue weighted by atomic mass is 32.1. The minimum absolute atomic E-state index is 0.808. The van der Waals surface area contributed by atoms with Gasteiger partial charge in [0.15, 0.2) is 5.01 Å². The summed E-state index contributed by atoms with van der Waals surface area (Å²) in [4.78, 5) is 0. The van der Waals surface area contributed by atoms with E-state index in [1.807, 2.05) is 30.1 Å². The molecular weight excluding hydrogens is 270 g/mol. The number of rotatable bonds is 3. The van der Waals surface area contributed by atoms with Crippen LogP contribution in [0.5, 0.6) is 0 Å². The molecule has 0 amide bonds. The summed E-state index contributed by atoms with van der Waals surface area (Å²) in [6.07, 6.45) is 1.85. The first-order chi connectivity index (χ1) is 9.70. The fourth-order valence-corrected chi connectivity index (χ4v) is 2.86. The SMILES string of the molecule is CNc1nnc(-c2cnn(-c3ccccc3C)c2C)s1. The Morgan fingerprint density at radius 1 is 1.15 bits per heavy atom. The third-order valence-electron chi connectivity index (χ3n) is 3.22. The van der Waals surface area contributed by atoms with Crippen molar-refractivity contribution in [3.8, 4) is 16.3 Å². The van der Waals surface area contributed by atoms with E-state index in [1.165, 1.54) is 16.9 Å². The van der Waals surface area contributed by atoms with Crippen LogP contribution in [0.25, 0.3) is 16.3 Å². The number of hydrogen-bond acceptors (Lipinski definition) is 5. The van der Waals surface area contributed by atoms with Gasteiger partial charge in [0.1, 0.15) is 0 Å². The molecule has 0 spiro atoms. The topological polar surface area (TPSA) is 55.6 Å². The number of benzene rings is 1. The maximum absolute atomic E-state index is 4.49. The Morgan fingerprint density at radius 2 is 1.95 bits per heavy atom. The van der Waals surface area contributed by atoms with E-state index in [-0.39, 0.29) is 0 Å². The summed E-state index contributed by atoms with van der Waals surface area (Å²) in [7, 11) is 1.84. The molecule has 0 saturated carbocycles. The summed E-state index contributed by atoms with van der Waals surface area (Å²) in [6.45, 7) is 4.13. The number of aromatic nitrogens is 4. The van der Waals surface area contributed by atoms with Gasteiger partial charge in [-0.05, 0) is 25.5 Å². The van der Waals surface area contributed by atoms with E-state index in [0.717, 1.165) is 27.1 Å². The molecule has 0 saturated heterocycles. The summed E-state index contributed by atoms with van der Waals surface area (Å²) >= 11 is 1.53. The van der Waals surface area contributed by atoms with Crippen molar-refractivity contribution < 1.29 is 0 Å². The lowest BCUT2D eigenvalue weighted by molar-refractivity contribution is 0.840. The number of aryl methyl sites for hydroxylation is 1. The largest absolute Gasteiger partial charge is 0.363 e. The Labute approximate surface area is 121 Å². The van der Waals surface area contributed by atoms with Gasteiger partial charge in [-0.2, -0.15) is 5.10 Å². The van der Waals surface area contributed by atoms with Gasteiger partial charge in [0.25, 0.3) is 0 Å². The highest BCUT2D eigenvalue weighted by molar-refractivity contribution is 7.18. The molecule has 0 fully saturated rings. The molecule has 0 radical (unpaired) electrons. The van der Waals surface area contributed by atoms with E-state index < -0.39 is 0 Å². The third-order valence-corrected chi connectivity index (χ3v) is 4.20. The molecule has 1 N–H and O–H groups in total. The molecule has 2 heterocycles. The average molecular weight is 285 g/mol. The van der Waals surface area contributed by atoms with E-state index in [2.05, 4.69) is 46.6 Å². The molecule has 0 atom stereocenters. The van der Waals surface area contributed by atoms with Crippen LogP contribution in [0.1, 0.15) is 11.3 Å². The second kappa shape index (κ2) is 5.05. The molecule has 3 rings (SSSR count). The summed E-state index contributed by atoms with van der Waals surface area (Å²) in [5, 5.41) is 17.5. The minimum Gasteiger partial charge on any atom is -0.363 e. The van der Waals surface area contributed by atoms with Gasteiger partial charge in [0.05, 0.1) is 23.1 Å². The first-order valence-corrected chi connectivity index (χ1v) is 7.14. The summed E-state index contributed by atoms with van der Waals surface area (Å²) in [5.41, 5.74) is 4.37. The van der Waals surface area contributed by atoms with Crippen molar-refractivity contribution in [2.75, 3.05) is 12.4 Å². The van der Waals surface area contributed by atoms with Gasteiger partial charge in [0, 0.05) is 7.05 Å². The Bertz CT molecular complexity index is 744. The maximum atomic E-state index is 4.49. The number of para-hydroxylation sites is 1. The number of nitrogens with one attached hydrogen (secondary N) is 1. The van der Waals surface area contributed by atoms with Crippen LogP contribution < -0.4 is 5.32 Å². The second-order valence-electron chi connectivity index (χ2n) is 4.50. The Balaban J connectivity index is 2.07. The van der Waals surface area contributed by atoms with Crippen LogP contribution in [0, 0.1) is 13.8 Å². The molecule has 5 nitrogen and oxygen atoms in total. The summed E-state index contributed by atoms with van der Waals surface area (Å²) in [5.74, 6) is 0. The van der Waals surface area contributed by atoms with Crippen molar-refractivity contribution in [1.82, 2.24) is 20.0 Å². The van der Waals surface area contributed by atoms with E-state index in [4.69, 9.17) is 0 Å². The standard InChI is InChI=1S/C14H15N5S/c1-9-6-4-5-7-12(9)19-10(2)11(8-16-19)13-17-18-14(15-3)20-13/h4-8H,1-3H3,(H,15,18). The summed E-state index contributed by atoms with van der Waals surface area (Å²) < 4.78 is 1.95. The van der Waals surface area contributed by atoms with Gasteiger partial charge in [-0.3, -0.25) is 0 Å². The molecule has 6 heteroatoms. The monoisotopic (exact) mass is 285 g/mol. The van der Waals surface area contributed by atoms with Crippen molar-refractivity contribution in [2.24, 2.45) is 0 Å². The molecule has 102 valence electrons. The first-order valence-electron chi connectivity index (χ1n) is 6.33. The molecule has 3 aromatic rings. The molecular formula is C14H15N5S. The zero-order valence-electron chi connectivity index (χ0n) is 11.6. The molecule has 20 heavy (non-hydrogen) atoms. The predicted molar refractivity (Wildman–Crippen MR) is 81.5 cm³/mol. The van der Waals surface area contributed by atoms with Crippen molar-refractivity contribution in [3.05, 3.63) is 41.7 Å². The molecule has 0 aliphatic carbocycles. The van der Waals surface area contributed by atoms with Gasteiger partial charge in [-0.1, -0.05) is 29.5 Å². The average Bonchev–Trinajstić information content (AvgIpc) is 3.06. The van der Waals surface area contributed by atoms with E-state index in [9.17, 15) is 0 Å². The Morgan fingerprint density at radius 3 is 2.65 bits per heavy atom. The van der Waals surface area contributed by atoms with E-state index >= 15 is 0 Å². The lowest BCUT2D eigenvalue weighted by atomic mass is 10.2. The Hall–Kier alpha value is -2.21. The van der Waals surface area contributed by atoms with Crippen molar-refractivity contribution in [1.29, 1.82) is 0 Å². The van der Waals surface area contributed by atoms with Gasteiger partial charge >= 0.3 is 0 Å². The van der Waals surface area contributed by atoms with Crippen LogP contribution in [0.4, 0.5) is 5.13 Å². The quantitative estimate of drug-likeness (QED) is 0.803. The van der Waals surface area contributed by atoms with Gasteiger partial charge in [0.2, 0.25) is 5.13 Å². The van der Waals surface area contributed by atoms with E-state index in [0.29, 0.717) is 0 Å². The van der Waals surface area contributed by atoms with E-state index in [1.54, 1.807) is 0 Å². The summed E-state index contributed by atoms with van der Waals surface area (Å²) in [6, 6.07) is 8.20. The number of anilines is 1. The Kier molecular flexibility index (Phi) is 3.23. The van der Waals surface area contributed by atoms with Crippen LogP contribution in [-0.2, 0) is 0 Å². The molecule has 0 bridgehead atoms.